The monoisotopic (exact) mass is 171 g/mol. The molecule has 0 aromatic heterocycles. The Bertz CT molecular complexity index is 185. The van der Waals surface area contributed by atoms with Crippen LogP contribution < -0.4 is 0 Å². The van der Waals surface area contributed by atoms with Gasteiger partial charge in [-0.3, -0.25) is 4.79 Å². The van der Waals surface area contributed by atoms with E-state index < -0.39 is 0 Å². The van der Waals surface area contributed by atoms with Gasteiger partial charge in [0.1, 0.15) is 0 Å². The van der Waals surface area contributed by atoms with Crippen molar-refractivity contribution in [2.24, 2.45) is 10.9 Å². The Balaban J connectivity index is 3.63. The zero-order valence-corrected chi connectivity index (χ0v) is 7.37. The van der Waals surface area contributed by atoms with Gasteiger partial charge in [-0.1, -0.05) is 6.92 Å². The molecule has 0 bridgehead atoms. The van der Waals surface area contributed by atoms with Gasteiger partial charge in [0, 0.05) is 0 Å². The first kappa shape index (κ1) is 10.8. The molecular weight excluding hydrogens is 158 g/mol. The molecule has 0 amide bonds. The third-order valence-corrected chi connectivity index (χ3v) is 1.43. The fourth-order valence-electron chi connectivity index (χ4n) is 0.706. The highest BCUT2D eigenvalue weighted by Gasteiger charge is 2.12. The molecule has 4 nitrogen and oxygen atoms in total. The summed E-state index contributed by atoms with van der Waals surface area (Å²) in [5, 5.41) is 0. The minimum atomic E-state index is -0.237. The van der Waals surface area contributed by atoms with Crippen LogP contribution in [0, 0.1) is 5.92 Å². The molecule has 4 heteroatoms. The highest BCUT2D eigenvalue weighted by atomic mass is 16.5. The van der Waals surface area contributed by atoms with E-state index in [4.69, 9.17) is 4.74 Å². The number of carbonyl (C=O) groups excluding carboxylic acids is 2. The lowest BCUT2D eigenvalue weighted by Crippen LogP contribution is -2.15. The first-order valence-corrected chi connectivity index (χ1v) is 3.92. The Morgan fingerprint density at radius 2 is 2.33 bits per heavy atom. The lowest BCUT2D eigenvalue weighted by atomic mass is 10.1. The summed E-state index contributed by atoms with van der Waals surface area (Å²) in [6, 6.07) is 0. The van der Waals surface area contributed by atoms with Gasteiger partial charge in [0.05, 0.1) is 19.1 Å². The average molecular weight is 171 g/mol. The van der Waals surface area contributed by atoms with Crippen molar-refractivity contribution in [2.75, 3.05) is 13.2 Å². The van der Waals surface area contributed by atoms with Crippen LogP contribution in [0.15, 0.2) is 4.99 Å². The van der Waals surface area contributed by atoms with E-state index >= 15 is 0 Å². The van der Waals surface area contributed by atoms with Crippen molar-refractivity contribution in [2.45, 2.75) is 20.3 Å². The van der Waals surface area contributed by atoms with Crippen LogP contribution in [-0.4, -0.2) is 25.2 Å². The summed E-state index contributed by atoms with van der Waals surface area (Å²) < 4.78 is 4.76. The van der Waals surface area contributed by atoms with Crippen LogP contribution in [0.3, 0.4) is 0 Å². The van der Waals surface area contributed by atoms with E-state index in [9.17, 15) is 9.59 Å². The molecule has 0 saturated heterocycles. The minimum absolute atomic E-state index is 0.193. The molecule has 0 aromatic rings. The van der Waals surface area contributed by atoms with Crippen molar-refractivity contribution in [3.05, 3.63) is 0 Å². The molecule has 0 fully saturated rings. The van der Waals surface area contributed by atoms with Crippen LogP contribution in [0.4, 0.5) is 0 Å². The number of carbonyl (C=O) groups is 1. The molecule has 0 aliphatic heterocycles. The molecule has 0 rings (SSSR count). The zero-order chi connectivity index (χ0) is 9.40. The van der Waals surface area contributed by atoms with E-state index in [1.54, 1.807) is 13.8 Å². The molecular formula is C8H13NO3. The molecule has 0 N–H and O–H groups in total. The first-order valence-electron chi connectivity index (χ1n) is 3.92. The van der Waals surface area contributed by atoms with Crippen molar-refractivity contribution >= 4 is 12.0 Å². The topological polar surface area (TPSA) is 55.7 Å². The van der Waals surface area contributed by atoms with Gasteiger partial charge in [0.25, 0.3) is 0 Å². The van der Waals surface area contributed by atoms with Gasteiger partial charge in [-0.25, -0.2) is 9.79 Å². The first-order chi connectivity index (χ1) is 5.72. The Kier molecular flexibility index (Phi) is 5.93. The number of isocyanates is 1. The van der Waals surface area contributed by atoms with E-state index in [2.05, 4.69) is 4.99 Å². The summed E-state index contributed by atoms with van der Waals surface area (Å²) in [6.45, 7) is 4.23. The van der Waals surface area contributed by atoms with Crippen LogP contribution in [-0.2, 0) is 14.3 Å². The normalized spacial score (nSPS) is 11.5. The molecule has 12 heavy (non-hydrogen) atoms. The molecule has 0 spiro atoms. The maximum absolute atomic E-state index is 11.0. The van der Waals surface area contributed by atoms with E-state index in [1.807, 2.05) is 0 Å². The van der Waals surface area contributed by atoms with Gasteiger partial charge >= 0.3 is 5.97 Å². The molecule has 0 aliphatic carbocycles. The second kappa shape index (κ2) is 6.55. The average Bonchev–Trinajstić information content (AvgIpc) is 2.05. The number of nitrogens with zero attached hydrogens (tertiary/aromatic N) is 1. The summed E-state index contributed by atoms with van der Waals surface area (Å²) in [5.41, 5.74) is 0. The molecule has 0 saturated carbocycles. The van der Waals surface area contributed by atoms with E-state index in [0.717, 1.165) is 0 Å². The smallest absolute Gasteiger partial charge is 0.308 e. The molecule has 1 atom stereocenters. The van der Waals surface area contributed by atoms with Crippen LogP contribution >= 0.6 is 0 Å². The zero-order valence-electron chi connectivity index (χ0n) is 7.37. The maximum atomic E-state index is 11.0. The number of hydrogen-bond donors (Lipinski definition) is 0. The van der Waals surface area contributed by atoms with Crippen LogP contribution in [0.25, 0.3) is 0 Å². The van der Waals surface area contributed by atoms with E-state index in [1.165, 1.54) is 6.08 Å². The Morgan fingerprint density at radius 1 is 1.67 bits per heavy atom. The van der Waals surface area contributed by atoms with Gasteiger partial charge in [0.15, 0.2) is 0 Å². The Morgan fingerprint density at radius 3 is 2.83 bits per heavy atom. The highest BCUT2D eigenvalue weighted by molar-refractivity contribution is 5.71. The summed E-state index contributed by atoms with van der Waals surface area (Å²) in [7, 11) is 0. The summed E-state index contributed by atoms with van der Waals surface area (Å²) in [6.07, 6.45) is 1.95. The highest BCUT2D eigenvalue weighted by Crippen LogP contribution is 2.03. The van der Waals surface area contributed by atoms with Crippen molar-refractivity contribution in [3.8, 4) is 0 Å². The summed E-state index contributed by atoms with van der Waals surface area (Å²) in [5.74, 6) is -0.430. The van der Waals surface area contributed by atoms with Gasteiger partial charge in [-0.15, -0.1) is 0 Å². The molecule has 0 heterocycles. The lowest BCUT2D eigenvalue weighted by molar-refractivity contribution is -0.147. The quantitative estimate of drug-likeness (QED) is 0.351. The molecule has 0 aliphatic rings. The number of rotatable bonds is 5. The Hall–Kier alpha value is -1.15. The van der Waals surface area contributed by atoms with Crippen molar-refractivity contribution < 1.29 is 14.3 Å². The second-order valence-corrected chi connectivity index (χ2v) is 2.41. The molecule has 0 aromatic carbocycles. The third kappa shape index (κ3) is 4.63. The number of esters is 1. The van der Waals surface area contributed by atoms with Crippen LogP contribution in [0.5, 0.6) is 0 Å². The third-order valence-electron chi connectivity index (χ3n) is 1.43. The largest absolute Gasteiger partial charge is 0.466 e. The molecule has 68 valence electrons. The maximum Gasteiger partial charge on any atom is 0.308 e. The molecule has 0 radical (unpaired) electrons. The van der Waals surface area contributed by atoms with Crippen molar-refractivity contribution in [1.82, 2.24) is 0 Å². The lowest BCUT2D eigenvalue weighted by Gasteiger charge is -2.07. The van der Waals surface area contributed by atoms with E-state index in [0.29, 0.717) is 19.6 Å². The summed E-state index contributed by atoms with van der Waals surface area (Å²) >= 11 is 0. The SMILES string of the molecule is CCOC(=O)C(C)CCN=C=O. The predicted octanol–water partition coefficient (Wildman–Crippen LogP) is 0.911. The van der Waals surface area contributed by atoms with Crippen LogP contribution in [0.1, 0.15) is 20.3 Å². The van der Waals surface area contributed by atoms with Gasteiger partial charge in [-0.05, 0) is 13.3 Å². The van der Waals surface area contributed by atoms with Gasteiger partial charge < -0.3 is 4.74 Å². The fourth-order valence-corrected chi connectivity index (χ4v) is 0.706. The van der Waals surface area contributed by atoms with Crippen molar-refractivity contribution in [3.63, 3.8) is 0 Å². The second-order valence-electron chi connectivity index (χ2n) is 2.41. The van der Waals surface area contributed by atoms with Gasteiger partial charge in [0.2, 0.25) is 6.08 Å². The minimum Gasteiger partial charge on any atom is -0.466 e. The standard InChI is InChI=1S/C8H13NO3/c1-3-12-8(11)7(2)4-5-9-6-10/h7H,3-5H2,1-2H3. The predicted molar refractivity (Wildman–Crippen MR) is 43.4 cm³/mol. The number of hydrogen-bond acceptors (Lipinski definition) is 4. The fraction of sp³-hybridized carbons (Fsp3) is 0.750. The molecule has 1 unspecified atom stereocenters. The summed E-state index contributed by atoms with van der Waals surface area (Å²) in [4.78, 5) is 24.0. The van der Waals surface area contributed by atoms with Crippen LogP contribution in [0.2, 0.25) is 0 Å². The number of aliphatic imine (C=N–C) groups is 1. The number of ether oxygens (including phenoxy) is 1. The Labute approximate surface area is 71.6 Å². The van der Waals surface area contributed by atoms with E-state index in [-0.39, 0.29) is 11.9 Å². The van der Waals surface area contributed by atoms with Crippen molar-refractivity contribution in [1.29, 1.82) is 0 Å². The van der Waals surface area contributed by atoms with Gasteiger partial charge in [-0.2, -0.15) is 0 Å².